The molecule has 2 fully saturated rings. The lowest BCUT2D eigenvalue weighted by molar-refractivity contribution is -0.0906. The number of aryl methyl sites for hydroxylation is 1. The predicted molar refractivity (Wildman–Crippen MR) is 175 cm³/mol. The topological polar surface area (TPSA) is 157 Å². The minimum atomic E-state index is -4.17. The summed E-state index contributed by atoms with van der Waals surface area (Å²) in [6.07, 6.45) is -2.72. The number of rotatable bonds is 14. The highest BCUT2D eigenvalue weighted by atomic mass is 32.2. The molecule has 2 saturated heterocycles. The van der Waals surface area contributed by atoms with E-state index in [4.69, 9.17) is 26.4 Å². The number of fused-ring (bicyclic) bond motifs is 2. The highest BCUT2D eigenvalue weighted by Crippen LogP contribution is 2.37. The zero-order chi connectivity index (χ0) is 35.8. The van der Waals surface area contributed by atoms with Crippen molar-refractivity contribution in [2.75, 3.05) is 33.1 Å². The summed E-state index contributed by atoms with van der Waals surface area (Å²) in [5, 5.41) is 24.9. The van der Waals surface area contributed by atoms with Gasteiger partial charge in [0.05, 0.1) is 49.7 Å². The minimum absolute atomic E-state index is 0.0141. The molecular weight excluding hydrogens is 663 g/mol. The molecule has 15 heteroatoms. The Morgan fingerprint density at radius 1 is 1.15 bits per heavy atom. The molecule has 0 unspecified atom stereocenters. The van der Waals surface area contributed by atoms with Gasteiger partial charge in [-0.3, -0.25) is 4.90 Å². The largest absolute Gasteiger partial charge is 0.487 e. The molecule has 2 N–H and O–H groups in total. The normalized spacial score (nSPS) is 22.3. The van der Waals surface area contributed by atoms with E-state index < -0.39 is 53.7 Å². The molecule has 3 aromatic rings. The average Bonchev–Trinajstić information content (AvgIpc) is 3.87. The third kappa shape index (κ3) is 7.56. The van der Waals surface area contributed by atoms with E-state index in [-0.39, 0.29) is 54.5 Å². The van der Waals surface area contributed by atoms with Crippen LogP contribution in [-0.2, 0) is 32.5 Å². The van der Waals surface area contributed by atoms with Gasteiger partial charge in [0.1, 0.15) is 12.3 Å². The Hall–Kier alpha value is -3.47. The molecule has 0 saturated carbocycles. The monoisotopic (exact) mass is 705 g/mol. The van der Waals surface area contributed by atoms with Crippen LogP contribution in [0.2, 0.25) is 0 Å². The smallest absolute Gasteiger partial charge is 0.407 e. The van der Waals surface area contributed by atoms with E-state index in [1.54, 1.807) is 36.6 Å². The second kappa shape index (κ2) is 14.6. The number of hydrogen-bond acceptors (Lipinski definition) is 11. The van der Waals surface area contributed by atoms with Crippen molar-refractivity contribution in [3.63, 3.8) is 0 Å². The number of benzene rings is 2. The van der Waals surface area contributed by atoms with Gasteiger partial charge >= 0.3 is 6.09 Å². The summed E-state index contributed by atoms with van der Waals surface area (Å²) in [7, 11) is -4.17. The van der Waals surface area contributed by atoms with Crippen LogP contribution in [0.25, 0.3) is 0 Å². The van der Waals surface area contributed by atoms with Crippen LogP contribution in [0.4, 0.5) is 4.79 Å². The fourth-order valence-corrected chi connectivity index (χ4v) is 8.50. The van der Waals surface area contributed by atoms with E-state index in [0.29, 0.717) is 35.1 Å². The number of carboxylic acid groups (broad SMARTS) is 1. The maximum absolute atomic E-state index is 14.1. The molecule has 1 amide bonds. The Bertz CT molecular complexity index is 1780. The standard InChI is InChI=1S/C33H41N3O10S2/c1-20(2)14-35(48(40,41)25-8-9-30-31(13-25)46-19-45-30)15-29(37)27(36(33(38)39)28-17-44-32-26(28)10-11-42-32)12-22-4-6-24(7-5-22)43-16-23-18-47-21(3)34-23/h4-9,13,18,20,26-29,32,37H,10-12,14-17,19H2,1-3H3,(H,38,39)/t26-,27-,28-,29+,32+/m0/s1/i16D2. The summed E-state index contributed by atoms with van der Waals surface area (Å²) < 4.78 is 73.8. The molecule has 4 heterocycles. The fraction of sp³-hybridized carbons (Fsp3) is 0.515. The second-order valence-electron chi connectivity index (χ2n) is 12.5. The number of nitrogens with zero attached hydrogens (tertiary/aromatic N) is 3. The highest BCUT2D eigenvalue weighted by molar-refractivity contribution is 7.89. The first kappa shape index (κ1) is 31.8. The molecule has 1 aromatic heterocycles. The Kier molecular flexibility index (Phi) is 9.64. The SMILES string of the molecule is [2H]C([2H])(Oc1ccc(C[C@@H]([C@H](O)CN(CC(C)C)S(=O)(=O)c2ccc3c(c2)OCO3)N(C(=O)O)[C@H]2CO[C@H]3OCC[C@H]32)cc1)c1csc(C)n1. The lowest BCUT2D eigenvalue weighted by Gasteiger charge is -2.39. The summed E-state index contributed by atoms with van der Waals surface area (Å²) in [5.74, 6) is 0.571. The number of hydrogen-bond donors (Lipinski definition) is 2. The molecule has 0 spiro atoms. The molecule has 5 atom stereocenters. The van der Waals surface area contributed by atoms with E-state index in [9.17, 15) is 23.4 Å². The van der Waals surface area contributed by atoms with Gasteiger partial charge in [0.2, 0.25) is 16.8 Å². The van der Waals surface area contributed by atoms with Gasteiger partial charge in [0.25, 0.3) is 0 Å². The molecule has 6 rings (SSSR count). The molecule has 3 aliphatic heterocycles. The molecule has 260 valence electrons. The Balaban J connectivity index is 1.29. The molecule has 2 aromatic carbocycles. The van der Waals surface area contributed by atoms with Gasteiger partial charge < -0.3 is 33.9 Å². The summed E-state index contributed by atoms with van der Waals surface area (Å²) in [6.45, 7) is 3.42. The van der Waals surface area contributed by atoms with Crippen LogP contribution in [-0.4, -0.2) is 96.5 Å². The van der Waals surface area contributed by atoms with Crippen LogP contribution in [0, 0.1) is 18.8 Å². The third-order valence-corrected chi connectivity index (χ3v) is 11.2. The third-order valence-electron chi connectivity index (χ3n) is 8.59. The number of aliphatic hydroxyl groups excluding tert-OH is 1. The Morgan fingerprint density at radius 2 is 1.92 bits per heavy atom. The van der Waals surface area contributed by atoms with Gasteiger partial charge in [-0.25, -0.2) is 18.2 Å². The zero-order valence-corrected chi connectivity index (χ0v) is 28.5. The van der Waals surface area contributed by atoms with E-state index >= 15 is 0 Å². The summed E-state index contributed by atoms with van der Waals surface area (Å²) in [4.78, 5) is 18.4. The van der Waals surface area contributed by atoms with E-state index in [1.165, 1.54) is 38.7 Å². The number of carbonyl (C=O) groups is 1. The van der Waals surface area contributed by atoms with Gasteiger partial charge in [0, 0.05) is 30.5 Å². The molecular formula is C33H41N3O10S2. The summed E-state index contributed by atoms with van der Waals surface area (Å²) >= 11 is 1.31. The van der Waals surface area contributed by atoms with Crippen LogP contribution in [0.5, 0.6) is 17.2 Å². The average molecular weight is 706 g/mol. The molecule has 48 heavy (non-hydrogen) atoms. The van der Waals surface area contributed by atoms with Crippen molar-refractivity contribution in [1.82, 2.24) is 14.2 Å². The Labute approximate surface area is 286 Å². The van der Waals surface area contributed by atoms with Gasteiger partial charge in [-0.05, 0) is 55.5 Å². The molecule has 3 aliphatic rings. The first-order valence-electron chi connectivity index (χ1n) is 16.8. The van der Waals surface area contributed by atoms with E-state index in [2.05, 4.69) is 4.98 Å². The number of aliphatic hydroxyl groups is 1. The van der Waals surface area contributed by atoms with Crippen molar-refractivity contribution in [3.05, 3.63) is 64.1 Å². The van der Waals surface area contributed by atoms with Crippen molar-refractivity contribution in [3.8, 4) is 17.2 Å². The predicted octanol–water partition coefficient (Wildman–Crippen LogP) is 4.12. The van der Waals surface area contributed by atoms with Gasteiger partial charge in [0.15, 0.2) is 17.8 Å². The van der Waals surface area contributed by atoms with Crippen molar-refractivity contribution < 1.29 is 49.9 Å². The van der Waals surface area contributed by atoms with Crippen LogP contribution < -0.4 is 14.2 Å². The van der Waals surface area contributed by atoms with Crippen molar-refractivity contribution in [1.29, 1.82) is 0 Å². The van der Waals surface area contributed by atoms with Crippen LogP contribution in [0.3, 0.4) is 0 Å². The summed E-state index contributed by atoms with van der Waals surface area (Å²) in [5.41, 5.74) is 0.767. The maximum atomic E-state index is 14.1. The lowest BCUT2D eigenvalue weighted by atomic mass is 9.93. The Morgan fingerprint density at radius 3 is 2.62 bits per heavy atom. The molecule has 0 aliphatic carbocycles. The number of sulfonamides is 1. The number of thiazole rings is 1. The van der Waals surface area contributed by atoms with Crippen LogP contribution in [0.15, 0.2) is 52.7 Å². The highest BCUT2D eigenvalue weighted by Gasteiger charge is 2.49. The minimum Gasteiger partial charge on any atom is -0.487 e. The second-order valence-corrected chi connectivity index (χ2v) is 15.5. The fourth-order valence-electron chi connectivity index (χ4n) is 6.33. The number of ether oxygens (including phenoxy) is 5. The number of aromatic nitrogens is 1. The van der Waals surface area contributed by atoms with Crippen molar-refractivity contribution in [2.45, 2.75) is 69.5 Å². The quantitative estimate of drug-likeness (QED) is 0.249. The molecule has 0 bridgehead atoms. The first-order chi connectivity index (χ1) is 23.7. The first-order valence-corrected chi connectivity index (χ1v) is 18.1. The van der Waals surface area contributed by atoms with Gasteiger partial charge in [-0.15, -0.1) is 11.3 Å². The number of amides is 1. The summed E-state index contributed by atoms with van der Waals surface area (Å²) in [6, 6.07) is 9.05. The van der Waals surface area contributed by atoms with Crippen molar-refractivity contribution >= 4 is 27.5 Å². The van der Waals surface area contributed by atoms with Crippen LogP contribution >= 0.6 is 11.3 Å². The maximum Gasteiger partial charge on any atom is 0.407 e. The van der Waals surface area contributed by atoms with Crippen LogP contribution in [0.1, 0.15) is 39.3 Å². The molecule has 13 nitrogen and oxygen atoms in total. The molecule has 0 radical (unpaired) electrons. The van der Waals surface area contributed by atoms with Crippen molar-refractivity contribution in [2.24, 2.45) is 11.8 Å². The van der Waals surface area contributed by atoms with E-state index in [1.807, 2.05) is 13.8 Å². The van der Waals surface area contributed by atoms with Gasteiger partial charge in [-0.1, -0.05) is 26.0 Å². The zero-order valence-electron chi connectivity index (χ0n) is 28.9. The lowest BCUT2D eigenvalue weighted by Crippen LogP contribution is -2.57. The van der Waals surface area contributed by atoms with Gasteiger partial charge in [-0.2, -0.15) is 4.31 Å². The van der Waals surface area contributed by atoms with E-state index in [0.717, 1.165) is 0 Å².